The summed E-state index contributed by atoms with van der Waals surface area (Å²) in [5.41, 5.74) is 4.54. The summed E-state index contributed by atoms with van der Waals surface area (Å²) in [5.74, 6) is 0. The summed E-state index contributed by atoms with van der Waals surface area (Å²) in [6.07, 6.45) is 0. The molecule has 0 fully saturated rings. The van der Waals surface area contributed by atoms with Crippen LogP contribution in [0.4, 0.5) is 0 Å². The van der Waals surface area contributed by atoms with E-state index in [1.807, 2.05) is 0 Å². The van der Waals surface area contributed by atoms with Gasteiger partial charge in [-0.2, -0.15) is 0 Å². The maximum atomic E-state index is 2.34. The van der Waals surface area contributed by atoms with E-state index in [-0.39, 0.29) is 5.41 Å². The van der Waals surface area contributed by atoms with Crippen molar-refractivity contribution < 1.29 is 0 Å². The average molecular weight is 212 g/mol. The van der Waals surface area contributed by atoms with Crippen molar-refractivity contribution in [3.05, 3.63) is 47.0 Å². The Kier molecular flexibility index (Phi) is 2.53. The minimum atomic E-state index is 0.221. The van der Waals surface area contributed by atoms with Gasteiger partial charge >= 0.3 is 0 Å². The van der Waals surface area contributed by atoms with Gasteiger partial charge < -0.3 is 0 Å². The normalized spacial score (nSPS) is 12.1. The number of aryl methyl sites for hydroxylation is 1. The van der Waals surface area contributed by atoms with Gasteiger partial charge in [-0.25, -0.2) is 0 Å². The Morgan fingerprint density at radius 3 is 2.12 bits per heavy atom. The van der Waals surface area contributed by atoms with Crippen molar-refractivity contribution in [2.75, 3.05) is 0 Å². The second-order valence-electron chi connectivity index (χ2n) is 5.65. The lowest BCUT2D eigenvalue weighted by Crippen LogP contribution is -2.13. The molecule has 0 heterocycles. The lowest BCUT2D eigenvalue weighted by atomic mass is 9.81. The number of benzene rings is 2. The first-order chi connectivity index (χ1) is 7.41. The van der Waals surface area contributed by atoms with Crippen molar-refractivity contribution in [2.24, 2.45) is 0 Å². The highest BCUT2D eigenvalue weighted by atomic mass is 14.2. The average Bonchev–Trinajstić information content (AvgIpc) is 2.22. The molecule has 0 aliphatic heterocycles. The van der Waals surface area contributed by atoms with Gasteiger partial charge in [0.1, 0.15) is 0 Å². The Labute approximate surface area is 98.3 Å². The van der Waals surface area contributed by atoms with E-state index >= 15 is 0 Å². The summed E-state index contributed by atoms with van der Waals surface area (Å²) in [6.45, 7) is 11.3. The molecule has 0 saturated carbocycles. The summed E-state index contributed by atoms with van der Waals surface area (Å²) >= 11 is 0. The second-order valence-corrected chi connectivity index (χ2v) is 5.65. The van der Waals surface area contributed by atoms with Crippen molar-refractivity contribution in [3.63, 3.8) is 0 Å². The van der Waals surface area contributed by atoms with Crippen LogP contribution in [0.2, 0.25) is 0 Å². The van der Waals surface area contributed by atoms with Gasteiger partial charge in [-0.05, 0) is 46.7 Å². The fourth-order valence-electron chi connectivity index (χ4n) is 2.41. The molecule has 0 atom stereocenters. The highest BCUT2D eigenvalue weighted by molar-refractivity contribution is 5.87. The van der Waals surface area contributed by atoms with E-state index in [2.05, 4.69) is 65.0 Å². The predicted octanol–water partition coefficient (Wildman–Crippen LogP) is 4.75. The molecule has 16 heavy (non-hydrogen) atoms. The third kappa shape index (κ3) is 1.73. The van der Waals surface area contributed by atoms with E-state index in [0.29, 0.717) is 0 Å². The van der Waals surface area contributed by atoms with Crippen LogP contribution in [0.15, 0.2) is 30.3 Å². The van der Waals surface area contributed by atoms with Crippen LogP contribution in [0.25, 0.3) is 10.8 Å². The topological polar surface area (TPSA) is 0 Å². The quantitative estimate of drug-likeness (QED) is 0.591. The van der Waals surface area contributed by atoms with Crippen LogP contribution in [0.3, 0.4) is 0 Å². The van der Waals surface area contributed by atoms with Gasteiger partial charge in [0.25, 0.3) is 0 Å². The molecule has 0 aromatic heterocycles. The van der Waals surface area contributed by atoms with Gasteiger partial charge in [0.05, 0.1) is 0 Å². The van der Waals surface area contributed by atoms with E-state index in [1.165, 1.54) is 27.5 Å². The highest BCUT2D eigenvalue weighted by Crippen LogP contribution is 2.32. The number of rotatable bonds is 0. The molecule has 2 rings (SSSR count). The van der Waals surface area contributed by atoms with Gasteiger partial charge in [0.2, 0.25) is 0 Å². The zero-order valence-corrected chi connectivity index (χ0v) is 10.9. The molecule has 0 saturated heterocycles. The van der Waals surface area contributed by atoms with Gasteiger partial charge in [0.15, 0.2) is 0 Å². The zero-order valence-electron chi connectivity index (χ0n) is 10.9. The molecule has 0 bridgehead atoms. The van der Waals surface area contributed by atoms with E-state index in [1.54, 1.807) is 0 Å². The fraction of sp³-hybridized carbons (Fsp3) is 0.375. The first-order valence-electron chi connectivity index (χ1n) is 5.90. The lowest BCUT2D eigenvalue weighted by Gasteiger charge is -2.24. The van der Waals surface area contributed by atoms with Gasteiger partial charge in [-0.3, -0.25) is 0 Å². The second kappa shape index (κ2) is 3.62. The van der Waals surface area contributed by atoms with E-state index in [0.717, 1.165) is 0 Å². The Bertz CT molecular complexity index is 527. The minimum absolute atomic E-state index is 0.221. The van der Waals surface area contributed by atoms with E-state index < -0.39 is 0 Å². The number of hydrogen-bond acceptors (Lipinski definition) is 0. The lowest BCUT2D eigenvalue weighted by molar-refractivity contribution is 0.586. The van der Waals surface area contributed by atoms with Crippen molar-refractivity contribution in [3.8, 4) is 0 Å². The molecular weight excluding hydrogens is 192 g/mol. The largest absolute Gasteiger partial charge is 0.0616 e. The van der Waals surface area contributed by atoms with Crippen LogP contribution in [-0.4, -0.2) is 0 Å². The Balaban J connectivity index is 2.84. The van der Waals surface area contributed by atoms with Crippen molar-refractivity contribution in [1.82, 2.24) is 0 Å². The van der Waals surface area contributed by atoms with E-state index in [9.17, 15) is 0 Å². The predicted molar refractivity (Wildman–Crippen MR) is 72.1 cm³/mol. The van der Waals surface area contributed by atoms with Crippen LogP contribution in [0, 0.1) is 13.8 Å². The zero-order chi connectivity index (χ0) is 11.9. The molecule has 0 spiro atoms. The van der Waals surface area contributed by atoms with Crippen LogP contribution >= 0.6 is 0 Å². The molecule has 0 amide bonds. The third-order valence-corrected chi connectivity index (χ3v) is 3.44. The smallest absolute Gasteiger partial charge is 0.0129 e. The van der Waals surface area contributed by atoms with Gasteiger partial charge in [-0.1, -0.05) is 51.1 Å². The molecule has 0 N–H and O–H groups in total. The molecule has 2 aromatic carbocycles. The van der Waals surface area contributed by atoms with Gasteiger partial charge in [0, 0.05) is 0 Å². The molecule has 0 unspecified atom stereocenters. The van der Waals surface area contributed by atoms with Crippen LogP contribution < -0.4 is 0 Å². The maximum absolute atomic E-state index is 2.34. The third-order valence-electron chi connectivity index (χ3n) is 3.44. The molecule has 0 radical (unpaired) electrons. The maximum Gasteiger partial charge on any atom is -0.0129 e. The molecule has 0 aliphatic rings. The Morgan fingerprint density at radius 1 is 0.875 bits per heavy atom. The Morgan fingerprint density at radius 2 is 1.50 bits per heavy atom. The summed E-state index contributed by atoms with van der Waals surface area (Å²) in [5, 5.41) is 2.74. The first kappa shape index (κ1) is 11.2. The standard InChI is InChI=1S/C16H20/c1-11-12(2)15(16(3,4)5)10-13-8-6-7-9-14(11)13/h6-10H,1-5H3. The summed E-state index contributed by atoms with van der Waals surface area (Å²) < 4.78 is 0. The summed E-state index contributed by atoms with van der Waals surface area (Å²) in [4.78, 5) is 0. The van der Waals surface area contributed by atoms with Crippen molar-refractivity contribution >= 4 is 10.8 Å². The summed E-state index contributed by atoms with van der Waals surface area (Å²) in [7, 11) is 0. The fourth-order valence-corrected chi connectivity index (χ4v) is 2.41. The number of fused-ring (bicyclic) bond motifs is 1. The highest BCUT2D eigenvalue weighted by Gasteiger charge is 2.18. The summed E-state index contributed by atoms with van der Waals surface area (Å²) in [6, 6.07) is 11.0. The Hall–Kier alpha value is -1.30. The van der Waals surface area contributed by atoms with Crippen molar-refractivity contribution in [2.45, 2.75) is 40.0 Å². The minimum Gasteiger partial charge on any atom is -0.0616 e. The van der Waals surface area contributed by atoms with Crippen molar-refractivity contribution in [1.29, 1.82) is 0 Å². The SMILES string of the molecule is Cc1c(C(C)(C)C)cc2ccccc2c1C. The van der Waals surface area contributed by atoms with E-state index in [4.69, 9.17) is 0 Å². The van der Waals surface area contributed by atoms with Gasteiger partial charge in [-0.15, -0.1) is 0 Å². The molecule has 0 aliphatic carbocycles. The molecule has 0 nitrogen and oxygen atoms in total. The molecule has 84 valence electrons. The monoisotopic (exact) mass is 212 g/mol. The van der Waals surface area contributed by atoms with Crippen LogP contribution in [0.5, 0.6) is 0 Å². The van der Waals surface area contributed by atoms with Crippen LogP contribution in [0.1, 0.15) is 37.5 Å². The molecule has 0 heteroatoms. The van der Waals surface area contributed by atoms with Crippen LogP contribution in [-0.2, 0) is 5.41 Å². The number of hydrogen-bond donors (Lipinski definition) is 0. The first-order valence-corrected chi connectivity index (χ1v) is 5.90. The molecular formula is C16H20. The molecule has 2 aromatic rings.